The maximum absolute atomic E-state index is 12.7. The van der Waals surface area contributed by atoms with Gasteiger partial charge in [-0.1, -0.05) is 80.5 Å². The molecule has 0 spiro atoms. The topological polar surface area (TPSA) is 29.5 Å². The number of hydrogen-bond acceptors (Lipinski definition) is 4. The number of unbranched alkanes of at least 4 members (excludes halogenated alkanes) is 3. The molecule has 0 radical (unpaired) electrons. The fourth-order valence-corrected chi connectivity index (χ4v) is 4.14. The summed E-state index contributed by atoms with van der Waals surface area (Å²) in [6, 6.07) is 17.4. The van der Waals surface area contributed by atoms with Gasteiger partial charge in [-0.25, -0.2) is 0 Å². The fraction of sp³-hybridized carbons (Fsp3) is 0.273. The van der Waals surface area contributed by atoms with Crippen molar-refractivity contribution in [1.82, 2.24) is 4.90 Å². The second kappa shape index (κ2) is 9.72. The van der Waals surface area contributed by atoms with Crippen molar-refractivity contribution in [1.29, 1.82) is 0 Å². The molecule has 5 heteroatoms. The smallest absolute Gasteiger partial charge is 0.266 e. The van der Waals surface area contributed by atoms with Crippen molar-refractivity contribution in [3.05, 3.63) is 65.1 Å². The fourth-order valence-electron chi connectivity index (χ4n) is 2.83. The lowest BCUT2D eigenvalue weighted by Crippen LogP contribution is -2.28. The zero-order chi connectivity index (χ0) is 19.1. The summed E-state index contributed by atoms with van der Waals surface area (Å²) in [5.41, 5.74) is 0.926. The number of nitrogens with zero attached hydrogens (tertiary/aromatic N) is 1. The molecule has 1 aliphatic rings. The Kier molecular flexibility index (Phi) is 7.07. The molecule has 3 rings (SSSR count). The van der Waals surface area contributed by atoms with Crippen LogP contribution in [0.15, 0.2) is 59.5 Å². The number of carbonyl (C=O) groups excluding carboxylic acids is 1. The molecule has 2 aromatic rings. The van der Waals surface area contributed by atoms with Gasteiger partial charge in [0.1, 0.15) is 15.8 Å². The maximum Gasteiger partial charge on any atom is 0.266 e. The normalized spacial score (nSPS) is 15.6. The number of thioether (sulfide) groups is 1. The van der Waals surface area contributed by atoms with Gasteiger partial charge in [0.25, 0.3) is 5.91 Å². The molecular weight excluding hydrogens is 374 g/mol. The summed E-state index contributed by atoms with van der Waals surface area (Å²) in [6.45, 7) is 2.89. The molecule has 2 aromatic carbocycles. The lowest BCUT2D eigenvalue weighted by Gasteiger charge is -2.13. The first-order valence-corrected chi connectivity index (χ1v) is 10.5. The quantitative estimate of drug-likeness (QED) is 0.299. The minimum absolute atomic E-state index is 0.0101. The molecule has 0 aliphatic carbocycles. The summed E-state index contributed by atoms with van der Waals surface area (Å²) in [7, 11) is 0. The molecule has 1 heterocycles. The van der Waals surface area contributed by atoms with Crippen LogP contribution in [0, 0.1) is 0 Å². The molecular formula is C22H23NO2S2. The van der Waals surface area contributed by atoms with Gasteiger partial charge in [0.2, 0.25) is 0 Å². The lowest BCUT2D eigenvalue weighted by molar-refractivity contribution is -0.122. The van der Waals surface area contributed by atoms with Gasteiger partial charge in [0, 0.05) is 6.54 Å². The van der Waals surface area contributed by atoms with E-state index in [-0.39, 0.29) is 5.91 Å². The van der Waals surface area contributed by atoms with Gasteiger partial charge in [-0.3, -0.25) is 9.69 Å². The first kappa shape index (κ1) is 19.6. The maximum atomic E-state index is 12.7. The predicted molar refractivity (Wildman–Crippen MR) is 117 cm³/mol. The van der Waals surface area contributed by atoms with E-state index >= 15 is 0 Å². The van der Waals surface area contributed by atoms with E-state index in [2.05, 4.69) is 6.92 Å². The zero-order valence-corrected chi connectivity index (χ0v) is 17.0. The Bertz CT molecular complexity index is 833. The highest BCUT2D eigenvalue weighted by molar-refractivity contribution is 8.26. The van der Waals surface area contributed by atoms with E-state index < -0.39 is 0 Å². The number of carbonyl (C=O) groups is 1. The number of para-hydroxylation sites is 1. The van der Waals surface area contributed by atoms with Gasteiger partial charge in [0.05, 0.1) is 4.91 Å². The summed E-state index contributed by atoms with van der Waals surface area (Å²) in [6.07, 6.45) is 6.39. The Morgan fingerprint density at radius 2 is 1.81 bits per heavy atom. The van der Waals surface area contributed by atoms with Crippen LogP contribution in [0.1, 0.15) is 38.2 Å². The molecule has 0 unspecified atom stereocenters. The van der Waals surface area contributed by atoms with Crippen molar-refractivity contribution in [3.8, 4) is 11.5 Å². The van der Waals surface area contributed by atoms with Crippen LogP contribution in [0.4, 0.5) is 0 Å². The summed E-state index contributed by atoms with van der Waals surface area (Å²) in [5, 5.41) is 0. The van der Waals surface area contributed by atoms with E-state index in [4.69, 9.17) is 17.0 Å². The molecule has 27 heavy (non-hydrogen) atoms. The number of hydrogen-bond donors (Lipinski definition) is 0. The number of ether oxygens (including phenoxy) is 1. The molecule has 0 atom stereocenters. The summed E-state index contributed by atoms with van der Waals surface area (Å²) < 4.78 is 6.52. The van der Waals surface area contributed by atoms with Crippen LogP contribution in [0.5, 0.6) is 11.5 Å². The van der Waals surface area contributed by atoms with E-state index in [9.17, 15) is 4.79 Å². The Morgan fingerprint density at radius 1 is 1.04 bits per heavy atom. The molecule has 1 amide bonds. The van der Waals surface area contributed by atoms with Crippen molar-refractivity contribution < 1.29 is 9.53 Å². The van der Waals surface area contributed by atoms with Gasteiger partial charge in [-0.2, -0.15) is 0 Å². The van der Waals surface area contributed by atoms with Crippen molar-refractivity contribution in [2.75, 3.05) is 6.54 Å². The van der Waals surface area contributed by atoms with E-state index in [0.717, 1.165) is 29.9 Å². The summed E-state index contributed by atoms with van der Waals surface area (Å²) >= 11 is 6.78. The minimum Gasteiger partial charge on any atom is -0.457 e. The number of thiocarbonyl (C=S) groups is 1. The monoisotopic (exact) mass is 397 g/mol. The zero-order valence-electron chi connectivity index (χ0n) is 15.4. The average molecular weight is 398 g/mol. The van der Waals surface area contributed by atoms with E-state index in [1.54, 1.807) is 4.90 Å². The van der Waals surface area contributed by atoms with Crippen molar-refractivity contribution >= 4 is 40.3 Å². The first-order chi connectivity index (χ1) is 13.2. The van der Waals surface area contributed by atoms with Crippen molar-refractivity contribution in [2.45, 2.75) is 32.6 Å². The third-order valence-electron chi connectivity index (χ3n) is 4.24. The van der Waals surface area contributed by atoms with Crippen molar-refractivity contribution in [2.24, 2.45) is 0 Å². The van der Waals surface area contributed by atoms with Gasteiger partial charge in [0.15, 0.2) is 0 Å². The van der Waals surface area contributed by atoms with Crippen LogP contribution in [0.25, 0.3) is 6.08 Å². The second-order valence-corrected chi connectivity index (χ2v) is 8.06. The molecule has 140 valence electrons. The standard InChI is InChI=1S/C22H23NO2S2/c1-2-3-4-8-14-23-21(24)20(27-22(23)26)16-17-10-9-13-19(15-17)25-18-11-6-5-7-12-18/h5-7,9-13,15-16H,2-4,8,14H2,1H3/b20-16-. The third kappa shape index (κ3) is 5.44. The lowest BCUT2D eigenvalue weighted by atomic mass is 10.2. The van der Waals surface area contributed by atoms with Gasteiger partial charge in [-0.05, 0) is 42.3 Å². The number of amides is 1. The van der Waals surface area contributed by atoms with Crippen LogP contribution in [-0.2, 0) is 4.79 Å². The molecule has 1 fully saturated rings. The molecule has 0 N–H and O–H groups in total. The predicted octanol–water partition coefficient (Wildman–Crippen LogP) is 6.26. The summed E-state index contributed by atoms with van der Waals surface area (Å²) in [4.78, 5) is 15.1. The van der Waals surface area contributed by atoms with Gasteiger partial charge in [-0.15, -0.1) is 0 Å². The SMILES string of the molecule is CCCCCCN1C(=O)/C(=C/c2cccc(Oc3ccccc3)c2)SC1=S. The van der Waals surface area contributed by atoms with E-state index in [1.807, 2.05) is 60.7 Å². The molecule has 0 saturated carbocycles. The third-order valence-corrected chi connectivity index (χ3v) is 5.62. The Hall–Kier alpha value is -2.11. The Balaban J connectivity index is 1.68. The van der Waals surface area contributed by atoms with Crippen molar-refractivity contribution in [3.63, 3.8) is 0 Å². The van der Waals surface area contributed by atoms with Gasteiger partial charge < -0.3 is 4.74 Å². The van der Waals surface area contributed by atoms with Crippen LogP contribution in [0.3, 0.4) is 0 Å². The van der Waals surface area contributed by atoms with E-state index in [0.29, 0.717) is 15.8 Å². The molecule has 1 saturated heterocycles. The molecule has 3 nitrogen and oxygen atoms in total. The molecule has 1 aliphatic heterocycles. The largest absolute Gasteiger partial charge is 0.457 e. The number of rotatable bonds is 8. The minimum atomic E-state index is 0.0101. The Labute approximate surface area is 170 Å². The summed E-state index contributed by atoms with van der Waals surface area (Å²) in [5.74, 6) is 1.54. The highest BCUT2D eigenvalue weighted by Crippen LogP contribution is 2.33. The van der Waals surface area contributed by atoms with Crippen LogP contribution < -0.4 is 4.74 Å². The average Bonchev–Trinajstić information content (AvgIpc) is 2.93. The van der Waals surface area contributed by atoms with Gasteiger partial charge >= 0.3 is 0 Å². The number of benzene rings is 2. The van der Waals surface area contributed by atoms with Crippen LogP contribution in [0.2, 0.25) is 0 Å². The second-order valence-electron chi connectivity index (χ2n) is 6.38. The highest BCUT2D eigenvalue weighted by Gasteiger charge is 2.31. The molecule has 0 bridgehead atoms. The van der Waals surface area contributed by atoms with E-state index in [1.165, 1.54) is 24.6 Å². The van der Waals surface area contributed by atoms with Crippen LogP contribution >= 0.6 is 24.0 Å². The highest BCUT2D eigenvalue weighted by atomic mass is 32.2. The Morgan fingerprint density at radius 3 is 2.59 bits per heavy atom. The first-order valence-electron chi connectivity index (χ1n) is 9.25. The molecule has 0 aromatic heterocycles. The van der Waals surface area contributed by atoms with Crippen LogP contribution in [-0.4, -0.2) is 21.7 Å².